The molecule has 1 fully saturated rings. The monoisotopic (exact) mass is 408 g/mol. The van der Waals surface area contributed by atoms with Crippen molar-refractivity contribution >= 4 is 22.9 Å². The third kappa shape index (κ3) is 2.68. The second-order valence-electron chi connectivity index (χ2n) is 7.98. The molecule has 6 nitrogen and oxygen atoms in total. The lowest BCUT2D eigenvalue weighted by Gasteiger charge is -2.43. The summed E-state index contributed by atoms with van der Waals surface area (Å²) >= 11 is 1.61. The van der Waals surface area contributed by atoms with Crippen molar-refractivity contribution in [2.75, 3.05) is 18.4 Å². The lowest BCUT2D eigenvalue weighted by Crippen LogP contribution is -2.57. The van der Waals surface area contributed by atoms with Gasteiger partial charge >= 0.3 is 0 Å². The number of likely N-dealkylation sites (tertiary alicyclic amines) is 1. The largest absolute Gasteiger partial charge is 0.361 e. The Hall–Kier alpha value is -2.48. The van der Waals surface area contributed by atoms with Crippen LogP contribution in [0.5, 0.6) is 0 Å². The maximum atomic E-state index is 13.6. The normalized spacial score (nSPS) is 24.5. The number of hydrogen-bond donors (Lipinski definition) is 2. The molecule has 1 amide bonds. The second-order valence-corrected chi connectivity index (χ2v) is 8.76. The molecule has 0 saturated carbocycles. The number of hydrogen-bond acceptors (Lipinski definition) is 6. The third-order valence-electron chi connectivity index (χ3n) is 6.18. The number of amides is 1. The predicted molar refractivity (Wildman–Crippen MR) is 114 cm³/mol. The molecule has 150 valence electrons. The average molecular weight is 409 g/mol. The number of carbonyl (C=O) groups is 1. The van der Waals surface area contributed by atoms with E-state index in [-0.39, 0.29) is 11.9 Å². The van der Waals surface area contributed by atoms with Crippen LogP contribution < -0.4 is 11.1 Å². The first-order valence-corrected chi connectivity index (χ1v) is 10.9. The van der Waals surface area contributed by atoms with Crippen molar-refractivity contribution in [2.24, 2.45) is 5.73 Å². The minimum absolute atomic E-state index is 0.00378. The number of fused-ring (bicyclic) bond motifs is 1. The number of piperidine rings is 1. The highest BCUT2D eigenvalue weighted by atomic mass is 32.1. The fourth-order valence-electron chi connectivity index (χ4n) is 4.91. The fourth-order valence-corrected chi connectivity index (χ4v) is 5.61. The average Bonchev–Trinajstić information content (AvgIpc) is 3.40. The van der Waals surface area contributed by atoms with Gasteiger partial charge in [0.1, 0.15) is 5.76 Å². The van der Waals surface area contributed by atoms with Crippen molar-refractivity contribution in [3.63, 3.8) is 0 Å². The predicted octanol–water partition coefficient (Wildman–Crippen LogP) is 3.64. The van der Waals surface area contributed by atoms with Gasteiger partial charge in [0.05, 0.1) is 5.69 Å². The number of thiophene rings is 1. The number of nitrogens with zero attached hydrogens (tertiary/aromatic N) is 2. The molecule has 1 aromatic carbocycles. The van der Waals surface area contributed by atoms with Crippen LogP contribution in [0.2, 0.25) is 0 Å². The van der Waals surface area contributed by atoms with E-state index in [4.69, 9.17) is 10.3 Å². The Balaban J connectivity index is 1.73. The zero-order valence-electron chi connectivity index (χ0n) is 16.6. The number of carbonyl (C=O) groups excluding carboxylic acids is 1. The van der Waals surface area contributed by atoms with E-state index < -0.39 is 5.54 Å². The van der Waals surface area contributed by atoms with E-state index in [9.17, 15) is 4.79 Å². The van der Waals surface area contributed by atoms with Gasteiger partial charge in [0.25, 0.3) is 5.91 Å². The highest BCUT2D eigenvalue weighted by molar-refractivity contribution is 7.08. The molecule has 7 heteroatoms. The molecule has 1 saturated heterocycles. The van der Waals surface area contributed by atoms with E-state index in [1.807, 2.05) is 31.4 Å². The van der Waals surface area contributed by atoms with E-state index in [0.29, 0.717) is 6.54 Å². The first-order valence-electron chi connectivity index (χ1n) is 9.94. The highest BCUT2D eigenvalue weighted by Crippen LogP contribution is 2.48. The van der Waals surface area contributed by atoms with Gasteiger partial charge in [-0.1, -0.05) is 11.2 Å². The van der Waals surface area contributed by atoms with Crippen LogP contribution >= 0.6 is 11.3 Å². The zero-order chi connectivity index (χ0) is 20.2. The summed E-state index contributed by atoms with van der Waals surface area (Å²) in [6, 6.07) is 8.27. The lowest BCUT2D eigenvalue weighted by molar-refractivity contribution is -0.126. The van der Waals surface area contributed by atoms with Crippen LogP contribution in [0.1, 0.15) is 35.4 Å². The summed E-state index contributed by atoms with van der Waals surface area (Å²) < 4.78 is 5.39. The van der Waals surface area contributed by atoms with Crippen LogP contribution in [-0.2, 0) is 10.3 Å². The van der Waals surface area contributed by atoms with Gasteiger partial charge in [-0.05, 0) is 73.3 Å². The Morgan fingerprint density at radius 2 is 2.21 bits per heavy atom. The minimum Gasteiger partial charge on any atom is -0.361 e. The Labute approximate surface area is 173 Å². The van der Waals surface area contributed by atoms with Crippen molar-refractivity contribution in [2.45, 2.75) is 38.3 Å². The SMILES string of the molecule is Cc1noc(C)c1-c1ccc2c(c1)C(c1ccsc1)(N1CCC[C@H](N)C1)C(=O)N2. The molecule has 0 radical (unpaired) electrons. The van der Waals surface area contributed by atoms with Crippen molar-refractivity contribution in [3.05, 3.63) is 57.6 Å². The van der Waals surface area contributed by atoms with Gasteiger partial charge in [0.2, 0.25) is 0 Å². The molecule has 2 aliphatic heterocycles. The van der Waals surface area contributed by atoms with E-state index in [1.54, 1.807) is 11.3 Å². The van der Waals surface area contributed by atoms with Crippen molar-refractivity contribution in [1.29, 1.82) is 0 Å². The molecule has 2 aliphatic rings. The molecule has 1 unspecified atom stereocenters. The Morgan fingerprint density at radius 1 is 1.34 bits per heavy atom. The fraction of sp³-hybridized carbons (Fsp3) is 0.364. The molecule has 0 aliphatic carbocycles. The van der Waals surface area contributed by atoms with Crippen molar-refractivity contribution < 1.29 is 9.32 Å². The Kier molecular flexibility index (Phi) is 4.34. The number of anilines is 1. The quantitative estimate of drug-likeness (QED) is 0.691. The van der Waals surface area contributed by atoms with Gasteiger partial charge in [0.15, 0.2) is 5.54 Å². The number of aromatic nitrogens is 1. The number of nitrogens with two attached hydrogens (primary N) is 1. The minimum atomic E-state index is -0.859. The molecule has 4 heterocycles. The second kappa shape index (κ2) is 6.79. The lowest BCUT2D eigenvalue weighted by atomic mass is 9.81. The molecular weight excluding hydrogens is 384 g/mol. The van der Waals surface area contributed by atoms with E-state index >= 15 is 0 Å². The molecule has 0 spiro atoms. The van der Waals surface area contributed by atoms with Crippen LogP contribution in [0, 0.1) is 13.8 Å². The number of nitrogens with one attached hydrogen (secondary N) is 1. The summed E-state index contributed by atoms with van der Waals surface area (Å²) in [4.78, 5) is 15.8. The van der Waals surface area contributed by atoms with Gasteiger partial charge < -0.3 is 15.6 Å². The van der Waals surface area contributed by atoms with Crippen LogP contribution in [0.15, 0.2) is 39.5 Å². The third-order valence-corrected chi connectivity index (χ3v) is 6.86. The molecule has 29 heavy (non-hydrogen) atoms. The van der Waals surface area contributed by atoms with Gasteiger partial charge in [-0.25, -0.2) is 0 Å². The van der Waals surface area contributed by atoms with Crippen LogP contribution in [-0.4, -0.2) is 35.1 Å². The summed E-state index contributed by atoms with van der Waals surface area (Å²) in [6.07, 6.45) is 1.98. The van der Waals surface area contributed by atoms with E-state index in [2.05, 4.69) is 32.9 Å². The van der Waals surface area contributed by atoms with E-state index in [1.165, 1.54) is 0 Å². The van der Waals surface area contributed by atoms with Crippen molar-refractivity contribution in [1.82, 2.24) is 10.1 Å². The maximum absolute atomic E-state index is 13.6. The Bertz CT molecular complexity index is 1060. The maximum Gasteiger partial charge on any atom is 0.254 e. The molecule has 2 aromatic heterocycles. The molecule has 3 N–H and O–H groups in total. The first kappa shape index (κ1) is 18.5. The molecule has 3 aromatic rings. The topological polar surface area (TPSA) is 84.4 Å². The number of aryl methyl sites for hydroxylation is 2. The van der Waals surface area contributed by atoms with Gasteiger partial charge in [0, 0.05) is 29.4 Å². The van der Waals surface area contributed by atoms with Gasteiger partial charge in [-0.3, -0.25) is 9.69 Å². The summed E-state index contributed by atoms with van der Waals surface area (Å²) in [7, 11) is 0. The summed E-state index contributed by atoms with van der Waals surface area (Å²) in [5, 5.41) is 11.4. The van der Waals surface area contributed by atoms with Gasteiger partial charge in [-0.15, -0.1) is 0 Å². The smallest absolute Gasteiger partial charge is 0.254 e. The molecule has 2 atom stereocenters. The standard InChI is InChI=1S/C22H24N4O2S/c1-13-20(14(2)28-25-13)15-5-6-19-18(10-15)22(21(27)24-19,16-7-9-29-12-16)26-8-3-4-17(23)11-26/h5-7,9-10,12,17H,3-4,8,11,23H2,1-2H3,(H,24,27)/t17-,22?/m0/s1. The molecule has 0 bridgehead atoms. The first-order chi connectivity index (χ1) is 14.0. The van der Waals surface area contributed by atoms with Gasteiger partial charge in [-0.2, -0.15) is 11.3 Å². The summed E-state index contributed by atoms with van der Waals surface area (Å²) in [6.45, 7) is 5.39. The molecule has 5 rings (SSSR count). The van der Waals surface area contributed by atoms with E-state index in [0.717, 1.165) is 58.8 Å². The molecular formula is C22H24N4O2S. The number of benzene rings is 1. The summed E-state index contributed by atoms with van der Waals surface area (Å²) in [5.41, 5.74) is 11.2. The van der Waals surface area contributed by atoms with Crippen LogP contribution in [0.3, 0.4) is 0 Å². The van der Waals surface area contributed by atoms with Crippen LogP contribution in [0.4, 0.5) is 5.69 Å². The van der Waals surface area contributed by atoms with Crippen molar-refractivity contribution in [3.8, 4) is 11.1 Å². The zero-order valence-corrected chi connectivity index (χ0v) is 17.4. The highest BCUT2D eigenvalue weighted by Gasteiger charge is 2.53. The Morgan fingerprint density at radius 3 is 2.90 bits per heavy atom. The van der Waals surface area contributed by atoms with Crippen LogP contribution in [0.25, 0.3) is 11.1 Å². The summed E-state index contributed by atoms with van der Waals surface area (Å²) in [5.74, 6) is 0.775. The number of rotatable bonds is 3.